The summed E-state index contributed by atoms with van der Waals surface area (Å²) in [5.41, 5.74) is 2.98. The summed E-state index contributed by atoms with van der Waals surface area (Å²) < 4.78 is 1.86. The fourth-order valence-corrected chi connectivity index (χ4v) is 1.50. The minimum atomic E-state index is 0.645. The van der Waals surface area contributed by atoms with Gasteiger partial charge in [0, 0.05) is 7.05 Å². The molecule has 0 bridgehead atoms. The van der Waals surface area contributed by atoms with Gasteiger partial charge in [0.1, 0.15) is 5.71 Å². The van der Waals surface area contributed by atoms with Crippen LogP contribution in [0.1, 0.15) is 25.2 Å². The first-order valence-corrected chi connectivity index (χ1v) is 4.62. The van der Waals surface area contributed by atoms with Gasteiger partial charge < -0.3 is 4.57 Å². The van der Waals surface area contributed by atoms with Crippen molar-refractivity contribution in [3.63, 3.8) is 0 Å². The normalized spacial score (nSPS) is 12.1. The molecular formula is C11H11N5. The molecule has 0 aliphatic carbocycles. The first kappa shape index (κ1) is 11.7. The van der Waals surface area contributed by atoms with E-state index in [0.29, 0.717) is 11.4 Å². The van der Waals surface area contributed by atoms with Gasteiger partial charge in [-0.3, -0.25) is 0 Å². The molecule has 0 unspecified atom stereocenters. The van der Waals surface area contributed by atoms with E-state index < -0.39 is 0 Å². The van der Waals surface area contributed by atoms with Crippen molar-refractivity contribution in [2.75, 3.05) is 0 Å². The average molecular weight is 213 g/mol. The molecule has 0 aliphatic rings. The Balaban J connectivity index is 3.23. The molecule has 1 heterocycles. The first-order valence-electron chi connectivity index (χ1n) is 4.62. The summed E-state index contributed by atoms with van der Waals surface area (Å²) in [5.74, 6) is 0. The fourth-order valence-electron chi connectivity index (χ4n) is 1.50. The number of rotatable bonds is 2. The molecule has 16 heavy (non-hydrogen) atoms. The SMILES string of the molecule is [C-]#[N+]/N=C(\C)c1ccc(C(C)=NC#N)n1C. The van der Waals surface area contributed by atoms with Crippen molar-refractivity contribution in [2.24, 2.45) is 17.1 Å². The molecule has 0 fully saturated rings. The molecule has 0 aliphatic heterocycles. The highest BCUT2D eigenvalue weighted by molar-refractivity contribution is 6.02. The molecule has 0 saturated carbocycles. The zero-order valence-corrected chi connectivity index (χ0v) is 9.39. The summed E-state index contributed by atoms with van der Waals surface area (Å²) in [7, 11) is 1.85. The Kier molecular flexibility index (Phi) is 3.58. The largest absolute Gasteiger partial charge is 0.341 e. The minimum Gasteiger partial charge on any atom is -0.341 e. The lowest BCUT2D eigenvalue weighted by molar-refractivity contribution is 0.900. The van der Waals surface area contributed by atoms with Crippen LogP contribution in [-0.4, -0.2) is 16.0 Å². The summed E-state index contributed by atoms with van der Waals surface area (Å²) >= 11 is 0. The third kappa shape index (κ3) is 2.15. The van der Waals surface area contributed by atoms with Crippen LogP contribution < -0.4 is 0 Å². The summed E-state index contributed by atoms with van der Waals surface area (Å²) in [5, 5.41) is 12.1. The highest BCUT2D eigenvalue weighted by Gasteiger charge is 2.10. The quantitative estimate of drug-likeness (QED) is 0.320. The van der Waals surface area contributed by atoms with Crippen molar-refractivity contribution in [1.82, 2.24) is 4.57 Å². The van der Waals surface area contributed by atoms with Gasteiger partial charge >= 0.3 is 0 Å². The van der Waals surface area contributed by atoms with E-state index in [9.17, 15) is 0 Å². The first-order chi connectivity index (χ1) is 7.61. The van der Waals surface area contributed by atoms with Gasteiger partial charge in [0.2, 0.25) is 6.19 Å². The summed E-state index contributed by atoms with van der Waals surface area (Å²) in [6, 6.07) is 3.71. The Morgan fingerprint density at radius 1 is 1.38 bits per heavy atom. The van der Waals surface area contributed by atoms with Crippen molar-refractivity contribution in [2.45, 2.75) is 13.8 Å². The Labute approximate surface area is 94.2 Å². The van der Waals surface area contributed by atoms with Gasteiger partial charge in [0.25, 0.3) is 0 Å². The Morgan fingerprint density at radius 3 is 2.44 bits per heavy atom. The summed E-state index contributed by atoms with van der Waals surface area (Å²) in [4.78, 5) is 6.66. The van der Waals surface area contributed by atoms with Gasteiger partial charge in [-0.1, -0.05) is 0 Å². The van der Waals surface area contributed by atoms with Crippen LogP contribution in [0.5, 0.6) is 0 Å². The van der Waals surface area contributed by atoms with E-state index in [2.05, 4.69) is 15.0 Å². The van der Waals surface area contributed by atoms with Gasteiger partial charge in [-0.15, -0.1) is 4.95 Å². The zero-order valence-electron chi connectivity index (χ0n) is 9.39. The molecule has 5 nitrogen and oxygen atoms in total. The van der Waals surface area contributed by atoms with Crippen molar-refractivity contribution < 1.29 is 0 Å². The molecule has 0 N–H and O–H groups in total. The van der Waals surface area contributed by atoms with Crippen LogP contribution in [-0.2, 0) is 7.05 Å². The molecular weight excluding hydrogens is 202 g/mol. The van der Waals surface area contributed by atoms with E-state index >= 15 is 0 Å². The van der Waals surface area contributed by atoms with E-state index in [4.69, 9.17) is 11.8 Å². The molecule has 1 aromatic heterocycles. The van der Waals surface area contributed by atoms with Gasteiger partial charge in [0.15, 0.2) is 0 Å². The van der Waals surface area contributed by atoms with Crippen LogP contribution in [0.15, 0.2) is 22.2 Å². The number of nitriles is 1. The van der Waals surface area contributed by atoms with Crippen LogP contribution in [0.4, 0.5) is 0 Å². The molecule has 0 atom stereocenters. The molecule has 1 aromatic rings. The second-order valence-electron chi connectivity index (χ2n) is 3.25. The van der Waals surface area contributed by atoms with Crippen LogP contribution in [0.25, 0.3) is 4.95 Å². The number of aliphatic imine (C=N–C) groups is 1. The number of hydrogen-bond acceptors (Lipinski definition) is 3. The average Bonchev–Trinajstić information content (AvgIpc) is 2.61. The van der Waals surface area contributed by atoms with E-state index in [1.807, 2.05) is 23.7 Å². The van der Waals surface area contributed by atoms with Crippen LogP contribution >= 0.6 is 0 Å². The standard InChI is InChI=1S/C11H11N5/c1-8(14-7-12)10-5-6-11(16(10)4)9(2)15-13-3/h5-6H,1-2,4H3/b14-8?,15-9+. The number of aromatic nitrogens is 1. The molecule has 5 heteroatoms. The predicted molar refractivity (Wildman–Crippen MR) is 62.1 cm³/mol. The molecule has 80 valence electrons. The molecule has 0 saturated heterocycles. The predicted octanol–water partition coefficient (Wildman–Crippen LogP) is 1.96. The smallest absolute Gasteiger partial charge is 0.205 e. The van der Waals surface area contributed by atoms with E-state index in [1.54, 1.807) is 20.0 Å². The van der Waals surface area contributed by atoms with Gasteiger partial charge in [0.05, 0.1) is 22.2 Å². The van der Waals surface area contributed by atoms with Crippen LogP contribution in [0.3, 0.4) is 0 Å². The summed E-state index contributed by atoms with van der Waals surface area (Å²) in [6.07, 6.45) is 1.75. The summed E-state index contributed by atoms with van der Waals surface area (Å²) in [6.45, 7) is 10.2. The van der Waals surface area contributed by atoms with E-state index in [-0.39, 0.29) is 0 Å². The number of nitrogens with zero attached hydrogens (tertiary/aromatic N) is 5. The Bertz CT molecular complexity index is 486. The molecule has 0 aromatic carbocycles. The topological polar surface area (TPSA) is 57.8 Å². The fraction of sp³-hybridized carbons (Fsp3) is 0.273. The maximum absolute atomic E-state index is 8.48. The van der Waals surface area contributed by atoms with Crippen molar-refractivity contribution in [1.29, 1.82) is 5.26 Å². The van der Waals surface area contributed by atoms with Crippen molar-refractivity contribution >= 4 is 11.4 Å². The van der Waals surface area contributed by atoms with Gasteiger partial charge in [-0.25, -0.2) is 0 Å². The highest BCUT2D eigenvalue weighted by atomic mass is 15.2. The van der Waals surface area contributed by atoms with Crippen LogP contribution in [0.2, 0.25) is 0 Å². The van der Waals surface area contributed by atoms with Gasteiger partial charge in [-0.05, 0) is 26.0 Å². The molecule has 0 spiro atoms. The Morgan fingerprint density at radius 2 is 1.94 bits per heavy atom. The number of hydrogen-bond donors (Lipinski definition) is 0. The third-order valence-corrected chi connectivity index (χ3v) is 2.28. The van der Waals surface area contributed by atoms with Crippen LogP contribution in [0, 0.1) is 18.0 Å². The lowest BCUT2D eigenvalue weighted by Crippen LogP contribution is -2.08. The minimum absolute atomic E-state index is 0.645. The van der Waals surface area contributed by atoms with E-state index in [0.717, 1.165) is 11.4 Å². The van der Waals surface area contributed by atoms with Crippen molar-refractivity contribution in [3.05, 3.63) is 35.0 Å². The third-order valence-electron chi connectivity index (χ3n) is 2.28. The maximum Gasteiger partial charge on any atom is 0.205 e. The highest BCUT2D eigenvalue weighted by Crippen LogP contribution is 2.10. The second kappa shape index (κ2) is 4.90. The monoisotopic (exact) mass is 213 g/mol. The Hall–Kier alpha value is -2.40. The lowest BCUT2D eigenvalue weighted by atomic mass is 10.3. The maximum atomic E-state index is 8.48. The second-order valence-corrected chi connectivity index (χ2v) is 3.25. The molecule has 0 radical (unpaired) electrons. The molecule has 0 amide bonds. The molecule has 1 rings (SSSR count). The van der Waals surface area contributed by atoms with E-state index in [1.165, 1.54) is 0 Å². The van der Waals surface area contributed by atoms with Crippen molar-refractivity contribution in [3.8, 4) is 6.19 Å². The van der Waals surface area contributed by atoms with Gasteiger partial charge in [-0.2, -0.15) is 16.8 Å². The lowest BCUT2D eigenvalue weighted by Gasteiger charge is -2.04. The zero-order chi connectivity index (χ0) is 12.1.